The molecule has 0 saturated carbocycles. The number of alkyl halides is 3. The van der Waals surface area contributed by atoms with Gasteiger partial charge in [0.1, 0.15) is 5.69 Å². The zero-order valence-corrected chi connectivity index (χ0v) is 25.2. The minimum Gasteiger partial charge on any atom is -0.335 e. The lowest BCUT2D eigenvalue weighted by atomic mass is 9.69. The third-order valence-corrected chi connectivity index (χ3v) is 9.38. The predicted octanol–water partition coefficient (Wildman–Crippen LogP) is 6.40. The number of amides is 2. The Morgan fingerprint density at radius 1 is 0.864 bits per heavy atom. The monoisotopic (exact) mass is 602 g/mol. The first-order valence-corrected chi connectivity index (χ1v) is 15.1. The molecule has 230 valence electrons. The van der Waals surface area contributed by atoms with E-state index in [-0.39, 0.29) is 18.0 Å². The van der Waals surface area contributed by atoms with Gasteiger partial charge in [-0.3, -0.25) is 14.5 Å². The van der Waals surface area contributed by atoms with E-state index in [1.807, 2.05) is 39.8 Å². The first-order chi connectivity index (χ1) is 21.0. The van der Waals surface area contributed by atoms with Crippen LogP contribution in [-0.2, 0) is 17.9 Å². The summed E-state index contributed by atoms with van der Waals surface area (Å²) < 4.78 is 46.0. The van der Waals surface area contributed by atoms with Gasteiger partial charge in [-0.25, -0.2) is 0 Å². The van der Waals surface area contributed by atoms with Gasteiger partial charge in [0.2, 0.25) is 0 Å². The zero-order valence-electron chi connectivity index (χ0n) is 25.2. The van der Waals surface area contributed by atoms with Gasteiger partial charge < -0.3 is 14.4 Å². The summed E-state index contributed by atoms with van der Waals surface area (Å²) in [5, 5.41) is 0. The number of halogens is 3. The number of hydrogen-bond acceptors (Lipinski definition) is 3. The topological polar surface area (TPSA) is 48.8 Å². The smallest absolute Gasteiger partial charge is 0.335 e. The van der Waals surface area contributed by atoms with Crippen LogP contribution in [0.1, 0.15) is 54.0 Å². The number of carbonyl (C=O) groups is 2. The molecule has 2 atom stereocenters. The van der Waals surface area contributed by atoms with Crippen LogP contribution in [0.15, 0.2) is 90.5 Å². The summed E-state index contributed by atoms with van der Waals surface area (Å²) in [5.41, 5.74) is 0.986. The summed E-state index contributed by atoms with van der Waals surface area (Å²) in [7, 11) is 0. The van der Waals surface area contributed by atoms with E-state index in [2.05, 4.69) is 18.7 Å². The minimum absolute atomic E-state index is 0.00820. The lowest BCUT2D eigenvalue weighted by Gasteiger charge is -2.38. The first kappa shape index (κ1) is 29.9. The predicted molar refractivity (Wildman–Crippen MR) is 164 cm³/mol. The van der Waals surface area contributed by atoms with Crippen molar-refractivity contribution in [3.63, 3.8) is 0 Å². The van der Waals surface area contributed by atoms with E-state index in [1.54, 1.807) is 41.3 Å². The van der Waals surface area contributed by atoms with E-state index in [9.17, 15) is 22.8 Å². The Hall–Kier alpha value is -4.11. The maximum atomic E-state index is 14.7. The molecule has 3 aromatic rings. The fraction of sp³-hybridized carbons (Fsp3) is 0.371. The molecule has 2 amide bonds. The molecule has 0 radical (unpaired) electrons. The SMILES string of the molecule is CC(C)N1CCN(C(=O)c2ccc3n2Cc2ccccc2N(C(=O)C2=CC(C)(C(F)(F)F)C(c4ccccc4)C=C2)C3)CC1. The molecule has 1 aromatic heterocycles. The third kappa shape index (κ3) is 5.27. The molecule has 1 saturated heterocycles. The number of aromatic nitrogens is 1. The molecule has 0 spiro atoms. The fourth-order valence-corrected chi connectivity index (χ4v) is 6.66. The molecule has 44 heavy (non-hydrogen) atoms. The normalized spacial score (nSPS) is 22.3. The molecule has 3 heterocycles. The summed E-state index contributed by atoms with van der Waals surface area (Å²) in [6, 6.07) is 20.0. The average Bonchev–Trinajstić information content (AvgIpc) is 3.33. The van der Waals surface area contributed by atoms with Gasteiger partial charge in [-0.05, 0) is 50.1 Å². The Bertz CT molecular complexity index is 1620. The molecule has 6 rings (SSSR count). The fourth-order valence-electron chi connectivity index (χ4n) is 6.66. The van der Waals surface area contributed by atoms with Gasteiger partial charge in [-0.15, -0.1) is 0 Å². The van der Waals surface area contributed by atoms with E-state index < -0.39 is 23.4 Å². The lowest BCUT2D eigenvalue weighted by molar-refractivity contribution is -0.204. The van der Waals surface area contributed by atoms with Gasteiger partial charge in [0.25, 0.3) is 11.8 Å². The highest BCUT2D eigenvalue weighted by Gasteiger charge is 2.55. The van der Waals surface area contributed by atoms with Crippen LogP contribution in [0.3, 0.4) is 0 Å². The molecular formula is C35H37F3N4O2. The van der Waals surface area contributed by atoms with Crippen molar-refractivity contribution >= 4 is 17.5 Å². The molecule has 2 aliphatic heterocycles. The van der Waals surface area contributed by atoms with Crippen LogP contribution >= 0.6 is 0 Å². The summed E-state index contributed by atoms with van der Waals surface area (Å²) >= 11 is 0. The van der Waals surface area contributed by atoms with E-state index >= 15 is 0 Å². The maximum absolute atomic E-state index is 14.7. The van der Waals surface area contributed by atoms with Crippen LogP contribution in [0.5, 0.6) is 0 Å². The molecule has 0 bridgehead atoms. The Morgan fingerprint density at radius 2 is 1.55 bits per heavy atom. The largest absolute Gasteiger partial charge is 0.398 e. The Kier molecular flexibility index (Phi) is 7.78. The second-order valence-electron chi connectivity index (χ2n) is 12.4. The van der Waals surface area contributed by atoms with Crippen molar-refractivity contribution in [2.75, 3.05) is 31.1 Å². The quantitative estimate of drug-likeness (QED) is 0.348. The molecule has 1 aliphatic carbocycles. The molecule has 0 N–H and O–H groups in total. The van der Waals surface area contributed by atoms with Crippen molar-refractivity contribution in [2.45, 2.75) is 52.0 Å². The van der Waals surface area contributed by atoms with E-state index in [0.717, 1.165) is 37.3 Å². The summed E-state index contributed by atoms with van der Waals surface area (Å²) in [6.45, 7) is 8.86. The molecular weight excluding hydrogens is 565 g/mol. The van der Waals surface area contributed by atoms with Gasteiger partial charge >= 0.3 is 6.18 Å². The van der Waals surface area contributed by atoms with Crippen LogP contribution in [-0.4, -0.2) is 64.6 Å². The highest BCUT2D eigenvalue weighted by molar-refractivity contribution is 6.08. The van der Waals surface area contributed by atoms with Crippen LogP contribution < -0.4 is 4.90 Å². The lowest BCUT2D eigenvalue weighted by Crippen LogP contribution is -2.51. The van der Waals surface area contributed by atoms with Crippen LogP contribution in [0, 0.1) is 5.41 Å². The minimum atomic E-state index is -4.59. The molecule has 6 nitrogen and oxygen atoms in total. The zero-order chi connectivity index (χ0) is 31.2. The maximum Gasteiger partial charge on any atom is 0.398 e. The van der Waals surface area contributed by atoms with Crippen LogP contribution in [0.25, 0.3) is 0 Å². The molecule has 9 heteroatoms. The number of allylic oxidation sites excluding steroid dienone is 2. The summed E-state index contributed by atoms with van der Waals surface area (Å²) in [6.07, 6.45) is -0.486. The number of nitrogens with zero attached hydrogens (tertiary/aromatic N) is 4. The molecule has 3 aliphatic rings. The van der Waals surface area contributed by atoms with Gasteiger partial charge in [0, 0.05) is 55.1 Å². The van der Waals surface area contributed by atoms with Crippen molar-refractivity contribution in [2.24, 2.45) is 5.41 Å². The average molecular weight is 603 g/mol. The van der Waals surface area contributed by atoms with E-state index in [4.69, 9.17) is 0 Å². The highest BCUT2D eigenvalue weighted by Crippen LogP contribution is 2.52. The number of hydrogen-bond donors (Lipinski definition) is 0. The van der Waals surface area contributed by atoms with E-state index in [0.29, 0.717) is 42.6 Å². The number of rotatable bonds is 4. The number of fused-ring (bicyclic) bond motifs is 2. The van der Waals surface area contributed by atoms with Crippen molar-refractivity contribution in [1.82, 2.24) is 14.4 Å². The van der Waals surface area contributed by atoms with Gasteiger partial charge in [-0.1, -0.05) is 66.8 Å². The Balaban J connectivity index is 1.32. The number of carbonyl (C=O) groups excluding carboxylic acids is 2. The molecule has 2 unspecified atom stereocenters. The number of piperazine rings is 1. The van der Waals surface area contributed by atoms with Gasteiger partial charge in [-0.2, -0.15) is 13.2 Å². The van der Waals surface area contributed by atoms with E-state index in [1.165, 1.54) is 12.2 Å². The summed E-state index contributed by atoms with van der Waals surface area (Å²) in [4.78, 5) is 33.6. The molecule has 1 fully saturated rings. The van der Waals surface area contributed by atoms with Crippen molar-refractivity contribution < 1.29 is 22.8 Å². The van der Waals surface area contributed by atoms with Crippen molar-refractivity contribution in [3.8, 4) is 0 Å². The second-order valence-corrected chi connectivity index (χ2v) is 12.4. The van der Waals surface area contributed by atoms with Crippen LogP contribution in [0.4, 0.5) is 18.9 Å². The highest BCUT2D eigenvalue weighted by atomic mass is 19.4. The second kappa shape index (κ2) is 11.4. The van der Waals surface area contributed by atoms with Crippen molar-refractivity contribution in [3.05, 3.63) is 113 Å². The van der Waals surface area contributed by atoms with Crippen LogP contribution in [0.2, 0.25) is 0 Å². The summed E-state index contributed by atoms with van der Waals surface area (Å²) in [5.74, 6) is -1.53. The third-order valence-electron chi connectivity index (χ3n) is 9.38. The number of benzene rings is 2. The first-order valence-electron chi connectivity index (χ1n) is 15.1. The Labute approximate surface area is 256 Å². The number of para-hydroxylation sites is 1. The number of anilines is 1. The van der Waals surface area contributed by atoms with Gasteiger partial charge in [0.05, 0.1) is 18.5 Å². The Morgan fingerprint density at radius 3 is 2.23 bits per heavy atom. The standard InChI is InChI=1S/C35H37F3N4O2/c1-24(2)39-17-19-40(20-18-39)33(44)31-16-14-28-23-42(30-12-8-7-11-27(30)22-41(28)31)32(43)26-13-15-29(25-9-5-4-6-10-25)34(3,21-26)35(36,37)38/h4-16,21,24,29H,17-20,22-23H2,1-3H3. The molecule has 2 aromatic carbocycles. The van der Waals surface area contributed by atoms with Gasteiger partial charge in [0.15, 0.2) is 0 Å². The van der Waals surface area contributed by atoms with Crippen molar-refractivity contribution in [1.29, 1.82) is 0 Å².